The molecule has 2 rings (SSSR count). The minimum atomic E-state index is 0.574. The van der Waals surface area contributed by atoms with Crippen molar-refractivity contribution in [3.05, 3.63) is 0 Å². The molecular formula is C15H30N2. The molecule has 3 atom stereocenters. The van der Waals surface area contributed by atoms with Crippen molar-refractivity contribution in [1.29, 1.82) is 0 Å². The third kappa shape index (κ3) is 3.23. The SMILES string of the molecule is CC1CC(CN)CN1C1CCCC(C)(C)CC1. The van der Waals surface area contributed by atoms with E-state index in [0.29, 0.717) is 5.41 Å². The Labute approximate surface area is 107 Å². The Morgan fingerprint density at radius 3 is 2.65 bits per heavy atom. The summed E-state index contributed by atoms with van der Waals surface area (Å²) in [6, 6.07) is 1.60. The maximum absolute atomic E-state index is 5.84. The van der Waals surface area contributed by atoms with Gasteiger partial charge in [-0.05, 0) is 56.9 Å². The first kappa shape index (κ1) is 13.4. The molecule has 0 aromatic rings. The zero-order valence-electron chi connectivity index (χ0n) is 11.9. The molecule has 1 heterocycles. The second-order valence-corrected chi connectivity index (χ2v) is 7.13. The van der Waals surface area contributed by atoms with Crippen LogP contribution < -0.4 is 5.73 Å². The standard InChI is InChI=1S/C15H30N2/c1-12-9-13(10-16)11-17(12)14-5-4-7-15(2,3)8-6-14/h12-14H,4-11,16H2,1-3H3. The molecule has 0 radical (unpaired) electrons. The quantitative estimate of drug-likeness (QED) is 0.749. The topological polar surface area (TPSA) is 29.3 Å². The van der Waals surface area contributed by atoms with Crippen molar-refractivity contribution < 1.29 is 0 Å². The molecule has 3 unspecified atom stereocenters. The summed E-state index contributed by atoms with van der Waals surface area (Å²) in [5, 5.41) is 0. The van der Waals surface area contributed by atoms with Gasteiger partial charge in [-0.25, -0.2) is 0 Å². The summed E-state index contributed by atoms with van der Waals surface area (Å²) >= 11 is 0. The Kier molecular flexibility index (Phi) is 4.14. The van der Waals surface area contributed by atoms with Gasteiger partial charge in [0.2, 0.25) is 0 Å². The van der Waals surface area contributed by atoms with Crippen molar-refractivity contribution in [2.45, 2.75) is 71.4 Å². The van der Waals surface area contributed by atoms with E-state index in [0.717, 1.165) is 24.5 Å². The predicted molar refractivity (Wildman–Crippen MR) is 74.0 cm³/mol. The van der Waals surface area contributed by atoms with Crippen molar-refractivity contribution in [2.24, 2.45) is 17.1 Å². The first-order valence-corrected chi connectivity index (χ1v) is 7.47. The van der Waals surface area contributed by atoms with E-state index in [1.807, 2.05) is 0 Å². The van der Waals surface area contributed by atoms with E-state index in [2.05, 4.69) is 25.7 Å². The van der Waals surface area contributed by atoms with Crippen LogP contribution in [-0.4, -0.2) is 30.1 Å². The van der Waals surface area contributed by atoms with Crippen LogP contribution in [0.2, 0.25) is 0 Å². The molecule has 0 aromatic heterocycles. The van der Waals surface area contributed by atoms with Crippen molar-refractivity contribution in [3.8, 4) is 0 Å². The molecular weight excluding hydrogens is 208 g/mol. The van der Waals surface area contributed by atoms with Gasteiger partial charge in [0.05, 0.1) is 0 Å². The summed E-state index contributed by atoms with van der Waals surface area (Å²) in [6.07, 6.45) is 8.34. The average molecular weight is 238 g/mol. The Morgan fingerprint density at radius 1 is 1.24 bits per heavy atom. The third-order valence-corrected chi connectivity index (χ3v) is 5.06. The lowest BCUT2D eigenvalue weighted by molar-refractivity contribution is 0.165. The Morgan fingerprint density at radius 2 is 2.00 bits per heavy atom. The van der Waals surface area contributed by atoms with Gasteiger partial charge in [0.15, 0.2) is 0 Å². The third-order valence-electron chi connectivity index (χ3n) is 5.06. The fourth-order valence-electron chi connectivity index (χ4n) is 3.82. The predicted octanol–water partition coefficient (Wildman–Crippen LogP) is 3.01. The van der Waals surface area contributed by atoms with Gasteiger partial charge in [-0.3, -0.25) is 4.90 Å². The summed E-state index contributed by atoms with van der Waals surface area (Å²) in [7, 11) is 0. The van der Waals surface area contributed by atoms with E-state index >= 15 is 0 Å². The molecule has 2 N–H and O–H groups in total. The van der Waals surface area contributed by atoms with Crippen molar-refractivity contribution >= 4 is 0 Å². The van der Waals surface area contributed by atoms with Gasteiger partial charge in [-0.15, -0.1) is 0 Å². The second kappa shape index (κ2) is 5.27. The van der Waals surface area contributed by atoms with E-state index in [9.17, 15) is 0 Å². The molecule has 17 heavy (non-hydrogen) atoms. The molecule has 2 heteroatoms. The van der Waals surface area contributed by atoms with Gasteiger partial charge in [0, 0.05) is 18.6 Å². The lowest BCUT2D eigenvalue weighted by Gasteiger charge is -2.31. The van der Waals surface area contributed by atoms with Crippen LogP contribution in [0.4, 0.5) is 0 Å². The van der Waals surface area contributed by atoms with Crippen LogP contribution in [0.1, 0.15) is 59.3 Å². The number of hydrogen-bond donors (Lipinski definition) is 1. The summed E-state index contributed by atoms with van der Waals surface area (Å²) in [5.41, 5.74) is 6.41. The fraction of sp³-hybridized carbons (Fsp3) is 1.00. The van der Waals surface area contributed by atoms with Crippen LogP contribution in [0.5, 0.6) is 0 Å². The molecule has 0 bridgehead atoms. The molecule has 100 valence electrons. The lowest BCUT2D eigenvalue weighted by Crippen LogP contribution is -2.38. The molecule has 1 aliphatic heterocycles. The summed E-state index contributed by atoms with van der Waals surface area (Å²) in [4.78, 5) is 2.76. The number of nitrogens with two attached hydrogens (primary N) is 1. The zero-order valence-corrected chi connectivity index (χ0v) is 11.9. The Bertz CT molecular complexity index is 249. The van der Waals surface area contributed by atoms with E-state index in [-0.39, 0.29) is 0 Å². The smallest absolute Gasteiger partial charge is 0.00984 e. The van der Waals surface area contributed by atoms with Crippen molar-refractivity contribution in [1.82, 2.24) is 4.90 Å². The highest BCUT2D eigenvalue weighted by atomic mass is 15.2. The van der Waals surface area contributed by atoms with E-state index in [1.54, 1.807) is 0 Å². The van der Waals surface area contributed by atoms with Crippen LogP contribution in [-0.2, 0) is 0 Å². The highest BCUT2D eigenvalue weighted by Gasteiger charge is 2.35. The first-order valence-electron chi connectivity index (χ1n) is 7.47. The molecule has 0 spiro atoms. The summed E-state index contributed by atoms with van der Waals surface area (Å²) in [6.45, 7) is 9.39. The summed E-state index contributed by atoms with van der Waals surface area (Å²) < 4.78 is 0. The van der Waals surface area contributed by atoms with Gasteiger partial charge in [-0.1, -0.05) is 20.3 Å². The maximum atomic E-state index is 5.84. The van der Waals surface area contributed by atoms with E-state index in [1.165, 1.54) is 45.1 Å². The van der Waals surface area contributed by atoms with Crippen LogP contribution in [0, 0.1) is 11.3 Å². The zero-order chi connectivity index (χ0) is 12.5. The van der Waals surface area contributed by atoms with Gasteiger partial charge in [0.1, 0.15) is 0 Å². The van der Waals surface area contributed by atoms with Crippen LogP contribution in [0.3, 0.4) is 0 Å². The molecule has 2 nitrogen and oxygen atoms in total. The van der Waals surface area contributed by atoms with Gasteiger partial charge >= 0.3 is 0 Å². The maximum Gasteiger partial charge on any atom is 0.00984 e. The molecule has 1 saturated heterocycles. The van der Waals surface area contributed by atoms with Crippen molar-refractivity contribution in [2.75, 3.05) is 13.1 Å². The molecule has 2 fully saturated rings. The van der Waals surface area contributed by atoms with Gasteiger partial charge in [0.25, 0.3) is 0 Å². The highest BCUT2D eigenvalue weighted by molar-refractivity contribution is 4.90. The Hall–Kier alpha value is -0.0800. The lowest BCUT2D eigenvalue weighted by atomic mass is 9.85. The van der Waals surface area contributed by atoms with Crippen LogP contribution in [0.15, 0.2) is 0 Å². The molecule has 1 saturated carbocycles. The molecule has 0 amide bonds. The number of hydrogen-bond acceptors (Lipinski definition) is 2. The average Bonchev–Trinajstić information content (AvgIpc) is 2.55. The minimum absolute atomic E-state index is 0.574. The Balaban J connectivity index is 1.94. The fourth-order valence-corrected chi connectivity index (χ4v) is 3.82. The van der Waals surface area contributed by atoms with Crippen LogP contribution in [0.25, 0.3) is 0 Å². The molecule has 2 aliphatic rings. The van der Waals surface area contributed by atoms with Crippen LogP contribution >= 0.6 is 0 Å². The van der Waals surface area contributed by atoms with Gasteiger partial charge in [-0.2, -0.15) is 0 Å². The van der Waals surface area contributed by atoms with E-state index in [4.69, 9.17) is 5.73 Å². The number of nitrogens with zero attached hydrogens (tertiary/aromatic N) is 1. The largest absolute Gasteiger partial charge is 0.330 e. The second-order valence-electron chi connectivity index (χ2n) is 7.13. The highest BCUT2D eigenvalue weighted by Crippen LogP contribution is 2.37. The normalized spacial score (nSPS) is 39.2. The number of likely N-dealkylation sites (tertiary alicyclic amines) is 1. The minimum Gasteiger partial charge on any atom is -0.330 e. The van der Waals surface area contributed by atoms with E-state index < -0.39 is 0 Å². The molecule has 0 aromatic carbocycles. The van der Waals surface area contributed by atoms with Crippen molar-refractivity contribution in [3.63, 3.8) is 0 Å². The summed E-state index contributed by atoms with van der Waals surface area (Å²) in [5.74, 6) is 0.751. The first-order chi connectivity index (χ1) is 8.02. The van der Waals surface area contributed by atoms with Gasteiger partial charge < -0.3 is 5.73 Å². The number of rotatable bonds is 2. The molecule has 1 aliphatic carbocycles. The monoisotopic (exact) mass is 238 g/mol.